The third kappa shape index (κ3) is 3.22. The van der Waals surface area contributed by atoms with Gasteiger partial charge in [-0.3, -0.25) is 0 Å². The van der Waals surface area contributed by atoms with E-state index < -0.39 is 0 Å². The van der Waals surface area contributed by atoms with Crippen LogP contribution >= 0.6 is 11.3 Å². The lowest BCUT2D eigenvalue weighted by atomic mass is 9.70. The monoisotopic (exact) mass is 277 g/mol. The Labute approximate surface area is 121 Å². The number of rotatable bonds is 5. The molecule has 19 heavy (non-hydrogen) atoms. The molecule has 0 radical (unpaired) electrons. The Morgan fingerprint density at radius 1 is 1.26 bits per heavy atom. The lowest BCUT2D eigenvalue weighted by Crippen LogP contribution is -2.33. The zero-order valence-electron chi connectivity index (χ0n) is 12.3. The van der Waals surface area contributed by atoms with Crippen LogP contribution in [0.1, 0.15) is 61.8 Å². The van der Waals surface area contributed by atoms with Crippen LogP contribution in [0.5, 0.6) is 0 Å². The van der Waals surface area contributed by atoms with Gasteiger partial charge in [-0.05, 0) is 73.9 Å². The fourth-order valence-electron chi connectivity index (χ4n) is 3.70. The first-order chi connectivity index (χ1) is 9.28. The summed E-state index contributed by atoms with van der Waals surface area (Å²) in [5.74, 6) is 2.65. The van der Waals surface area contributed by atoms with E-state index in [9.17, 15) is 0 Å². The van der Waals surface area contributed by atoms with Crippen LogP contribution in [0.15, 0.2) is 11.4 Å². The Kier molecular flexibility index (Phi) is 4.28. The molecule has 2 saturated carbocycles. The molecule has 0 bridgehead atoms. The van der Waals surface area contributed by atoms with Crippen molar-refractivity contribution in [3.8, 4) is 0 Å². The number of thiophene rings is 1. The Hall–Kier alpha value is -0.340. The minimum Gasteiger partial charge on any atom is -0.314 e. The molecule has 2 aliphatic carbocycles. The van der Waals surface area contributed by atoms with Gasteiger partial charge in [-0.15, -0.1) is 11.3 Å². The molecule has 0 amide bonds. The minimum absolute atomic E-state index is 0.816. The Morgan fingerprint density at radius 2 is 2.11 bits per heavy atom. The number of hydrogen-bond acceptors (Lipinski definition) is 2. The molecule has 2 fully saturated rings. The van der Waals surface area contributed by atoms with Gasteiger partial charge in [0.2, 0.25) is 0 Å². The molecular weight excluding hydrogens is 250 g/mol. The summed E-state index contributed by atoms with van der Waals surface area (Å²) in [5.41, 5.74) is 1.66. The van der Waals surface area contributed by atoms with Crippen molar-refractivity contribution in [1.29, 1.82) is 0 Å². The van der Waals surface area contributed by atoms with Gasteiger partial charge in [-0.1, -0.05) is 19.8 Å². The van der Waals surface area contributed by atoms with E-state index in [1.54, 1.807) is 10.4 Å². The third-order valence-electron chi connectivity index (χ3n) is 5.22. The van der Waals surface area contributed by atoms with E-state index in [4.69, 9.17) is 0 Å². The van der Waals surface area contributed by atoms with Crippen LogP contribution in [0, 0.1) is 18.8 Å². The van der Waals surface area contributed by atoms with Gasteiger partial charge in [0.15, 0.2) is 0 Å². The molecule has 1 nitrogen and oxygen atoms in total. The Morgan fingerprint density at radius 3 is 2.74 bits per heavy atom. The first-order valence-electron chi connectivity index (χ1n) is 8.05. The van der Waals surface area contributed by atoms with Gasteiger partial charge in [-0.25, -0.2) is 0 Å². The molecule has 3 rings (SSSR count). The summed E-state index contributed by atoms with van der Waals surface area (Å²) in [4.78, 5) is 1.55. The predicted octanol–water partition coefficient (Wildman–Crippen LogP) is 4.72. The Bertz CT molecular complexity index is 407. The summed E-state index contributed by atoms with van der Waals surface area (Å²) in [6, 6.07) is 3.25. The molecule has 1 heterocycles. The maximum absolute atomic E-state index is 3.77. The van der Waals surface area contributed by atoms with Crippen molar-refractivity contribution in [3.63, 3.8) is 0 Å². The highest BCUT2D eigenvalue weighted by Crippen LogP contribution is 2.43. The number of nitrogens with one attached hydrogen (secondary N) is 1. The molecule has 1 aromatic rings. The fourth-order valence-corrected chi connectivity index (χ4v) is 4.48. The second-order valence-corrected chi connectivity index (χ2v) is 7.69. The van der Waals surface area contributed by atoms with E-state index in [0.717, 1.165) is 23.8 Å². The van der Waals surface area contributed by atoms with Gasteiger partial charge in [0.25, 0.3) is 0 Å². The standard InChI is InChI=1S/C17H27NS/c1-3-13-4-5-14(11-18-15-6-7-15)17(10-13)16-8-9-19-12(16)2/h8-9,13-15,17-18H,3-7,10-11H2,1-2H3. The molecule has 3 unspecified atom stereocenters. The highest BCUT2D eigenvalue weighted by Gasteiger charge is 2.33. The molecule has 0 aromatic carbocycles. The van der Waals surface area contributed by atoms with Gasteiger partial charge < -0.3 is 5.32 Å². The maximum atomic E-state index is 3.77. The zero-order valence-corrected chi connectivity index (χ0v) is 13.1. The van der Waals surface area contributed by atoms with E-state index in [2.05, 4.69) is 30.6 Å². The van der Waals surface area contributed by atoms with Crippen LogP contribution in [-0.4, -0.2) is 12.6 Å². The summed E-state index contributed by atoms with van der Waals surface area (Å²) >= 11 is 1.93. The molecule has 1 aromatic heterocycles. The van der Waals surface area contributed by atoms with Crippen LogP contribution < -0.4 is 5.32 Å². The first kappa shape index (κ1) is 13.6. The van der Waals surface area contributed by atoms with Gasteiger partial charge in [-0.2, -0.15) is 0 Å². The smallest absolute Gasteiger partial charge is 0.00683 e. The van der Waals surface area contributed by atoms with E-state index in [0.29, 0.717) is 0 Å². The third-order valence-corrected chi connectivity index (χ3v) is 6.09. The number of aryl methyl sites for hydroxylation is 1. The second kappa shape index (κ2) is 5.97. The molecule has 2 heteroatoms. The summed E-state index contributed by atoms with van der Waals surface area (Å²) in [7, 11) is 0. The van der Waals surface area contributed by atoms with Crippen LogP contribution in [0.3, 0.4) is 0 Å². The van der Waals surface area contributed by atoms with Crippen LogP contribution in [0.25, 0.3) is 0 Å². The van der Waals surface area contributed by atoms with Crippen molar-refractivity contribution < 1.29 is 0 Å². The molecule has 0 aliphatic heterocycles. The topological polar surface area (TPSA) is 12.0 Å². The van der Waals surface area contributed by atoms with E-state index in [1.165, 1.54) is 45.1 Å². The largest absolute Gasteiger partial charge is 0.314 e. The average molecular weight is 277 g/mol. The van der Waals surface area contributed by atoms with Gasteiger partial charge in [0.1, 0.15) is 0 Å². The minimum atomic E-state index is 0.816. The second-order valence-electron chi connectivity index (χ2n) is 6.57. The maximum Gasteiger partial charge on any atom is 0.00683 e. The van der Waals surface area contributed by atoms with Crippen molar-refractivity contribution in [2.24, 2.45) is 11.8 Å². The fraction of sp³-hybridized carbons (Fsp3) is 0.765. The first-order valence-corrected chi connectivity index (χ1v) is 8.93. The summed E-state index contributed by atoms with van der Waals surface area (Å²) in [6.45, 7) is 5.92. The highest BCUT2D eigenvalue weighted by atomic mass is 32.1. The lowest BCUT2D eigenvalue weighted by Gasteiger charge is -2.36. The molecule has 0 saturated heterocycles. The van der Waals surface area contributed by atoms with E-state index in [-0.39, 0.29) is 0 Å². The van der Waals surface area contributed by atoms with Gasteiger partial charge in [0, 0.05) is 10.9 Å². The summed E-state index contributed by atoms with van der Waals surface area (Å²) < 4.78 is 0. The molecule has 3 atom stereocenters. The quantitative estimate of drug-likeness (QED) is 0.821. The molecular formula is C17H27NS. The zero-order chi connectivity index (χ0) is 13.2. The van der Waals surface area contributed by atoms with Crippen LogP contribution in [0.4, 0.5) is 0 Å². The van der Waals surface area contributed by atoms with Gasteiger partial charge >= 0.3 is 0 Å². The van der Waals surface area contributed by atoms with Crippen molar-refractivity contribution >= 4 is 11.3 Å². The highest BCUT2D eigenvalue weighted by molar-refractivity contribution is 7.10. The van der Waals surface area contributed by atoms with E-state index >= 15 is 0 Å². The van der Waals surface area contributed by atoms with E-state index in [1.807, 2.05) is 11.3 Å². The SMILES string of the molecule is CCC1CCC(CNC2CC2)C(c2ccsc2C)C1. The molecule has 106 valence electrons. The molecule has 1 N–H and O–H groups in total. The van der Waals surface area contributed by atoms with Crippen LogP contribution in [-0.2, 0) is 0 Å². The summed E-state index contributed by atoms with van der Waals surface area (Å²) in [5, 5.41) is 6.06. The summed E-state index contributed by atoms with van der Waals surface area (Å²) in [6.07, 6.45) is 8.48. The predicted molar refractivity (Wildman–Crippen MR) is 83.9 cm³/mol. The van der Waals surface area contributed by atoms with Gasteiger partial charge in [0.05, 0.1) is 0 Å². The molecule has 2 aliphatic rings. The molecule has 0 spiro atoms. The van der Waals surface area contributed by atoms with Crippen molar-refractivity contribution in [2.75, 3.05) is 6.54 Å². The van der Waals surface area contributed by atoms with Crippen molar-refractivity contribution in [2.45, 2.75) is 64.3 Å². The average Bonchev–Trinajstić information content (AvgIpc) is 3.17. The van der Waals surface area contributed by atoms with Crippen molar-refractivity contribution in [3.05, 3.63) is 21.9 Å². The normalized spacial score (nSPS) is 31.6. The lowest BCUT2D eigenvalue weighted by molar-refractivity contribution is 0.225. The Balaban J connectivity index is 1.70. The van der Waals surface area contributed by atoms with Crippen LogP contribution in [0.2, 0.25) is 0 Å². The number of hydrogen-bond donors (Lipinski definition) is 1. The van der Waals surface area contributed by atoms with Crippen molar-refractivity contribution in [1.82, 2.24) is 5.32 Å².